The first kappa shape index (κ1) is 38.1. The molecule has 0 saturated heterocycles. The molecule has 50 heavy (non-hydrogen) atoms. The summed E-state index contributed by atoms with van der Waals surface area (Å²) in [5, 5.41) is 36.9. The van der Waals surface area contributed by atoms with E-state index < -0.39 is 24.0 Å². The third-order valence-electron chi connectivity index (χ3n) is 7.76. The Labute approximate surface area is 304 Å². The molecule has 0 spiro atoms. The van der Waals surface area contributed by atoms with Crippen molar-refractivity contribution in [2.45, 2.75) is 49.0 Å². The Balaban J connectivity index is 1.51. The fourth-order valence-corrected chi connectivity index (χ4v) is 6.98. The first-order chi connectivity index (χ1) is 24.1. The molecule has 2 atom stereocenters. The zero-order valence-corrected chi connectivity index (χ0v) is 29.9. The van der Waals surface area contributed by atoms with E-state index in [0.29, 0.717) is 57.9 Å². The fraction of sp³-hybridized carbons (Fsp3) is 0.314. The van der Waals surface area contributed by atoms with Crippen LogP contribution in [-0.2, 0) is 15.3 Å². The van der Waals surface area contributed by atoms with Crippen LogP contribution in [0.15, 0.2) is 58.9 Å². The number of aromatic nitrogens is 2. The molecule has 1 amide bonds. The summed E-state index contributed by atoms with van der Waals surface area (Å²) >= 11 is 8.88. The molecule has 6 N–H and O–H groups in total. The van der Waals surface area contributed by atoms with Crippen molar-refractivity contribution in [1.29, 1.82) is 10.5 Å². The molecule has 0 fully saturated rings. The number of carboxylic acid groups (broad SMARTS) is 1. The number of thiazole rings is 1. The minimum Gasteiger partial charge on any atom is -0.492 e. The van der Waals surface area contributed by atoms with Gasteiger partial charge in [-0.2, -0.15) is 10.5 Å². The molecule has 0 saturated carbocycles. The molecule has 0 bridgehead atoms. The summed E-state index contributed by atoms with van der Waals surface area (Å²) in [6.45, 7) is 1.93. The SMILES string of the molecule is CNc1nc(SCc2csc(-c3ccc(Cl)cc3)n2)c(C#N)c(-c2ccc(OCCN(C(=O)[C@@H](N)CCCCN)[C@@H](C)C(=O)O)cc2)c1C#N. The molecule has 12 nitrogen and oxygen atoms in total. The van der Waals surface area contributed by atoms with Gasteiger partial charge in [-0.05, 0) is 56.1 Å². The summed E-state index contributed by atoms with van der Waals surface area (Å²) in [6.07, 6.45) is 1.78. The third-order valence-corrected chi connectivity index (χ3v) is 9.96. The number of unbranched alkanes of at least 4 members (excludes halogenated alkanes) is 1. The van der Waals surface area contributed by atoms with Crippen LogP contribution in [0, 0.1) is 22.7 Å². The lowest BCUT2D eigenvalue weighted by Gasteiger charge is -2.29. The van der Waals surface area contributed by atoms with Crippen molar-refractivity contribution in [2.75, 3.05) is 32.1 Å². The number of aliphatic carboxylic acids is 1. The van der Waals surface area contributed by atoms with Crippen molar-refractivity contribution in [3.05, 3.63) is 75.8 Å². The van der Waals surface area contributed by atoms with Crippen molar-refractivity contribution in [3.8, 4) is 39.6 Å². The van der Waals surface area contributed by atoms with Crippen LogP contribution in [0.25, 0.3) is 21.7 Å². The third kappa shape index (κ3) is 9.50. The van der Waals surface area contributed by atoms with Gasteiger partial charge in [-0.1, -0.05) is 54.0 Å². The smallest absolute Gasteiger partial charge is 0.326 e. The number of hydrogen-bond donors (Lipinski definition) is 4. The number of nitrogens with one attached hydrogen (secondary N) is 1. The Morgan fingerprint density at radius 3 is 2.38 bits per heavy atom. The maximum Gasteiger partial charge on any atom is 0.326 e. The standard InChI is InChI=1S/C35H37ClN8O4S2/c1-21(35(46)47)44(34(45)29(40)5-3-4-14-37)15-16-48-26-12-8-22(9-13-26)30-27(17-38)31(41-2)43-33(28(30)18-39)50-20-25-19-49-32(42-25)23-6-10-24(36)11-7-23/h6-13,19,21,29H,3-5,14-16,20,37,40H2,1-2H3,(H,41,43)(H,46,47)/t21-,29-/m0/s1. The number of halogens is 1. The molecule has 0 aliphatic rings. The highest BCUT2D eigenvalue weighted by molar-refractivity contribution is 7.98. The van der Waals surface area contributed by atoms with Crippen molar-refractivity contribution in [2.24, 2.45) is 11.5 Å². The first-order valence-corrected chi connectivity index (χ1v) is 18.0. The van der Waals surface area contributed by atoms with E-state index in [1.807, 2.05) is 29.6 Å². The molecule has 4 rings (SSSR count). The number of nitrogens with two attached hydrogens (primary N) is 2. The molecule has 2 aromatic carbocycles. The van der Waals surface area contributed by atoms with Gasteiger partial charge in [0.05, 0.1) is 23.8 Å². The summed E-state index contributed by atoms with van der Waals surface area (Å²) < 4.78 is 5.88. The maximum absolute atomic E-state index is 13.0. The highest BCUT2D eigenvalue weighted by atomic mass is 35.5. The second-order valence-electron chi connectivity index (χ2n) is 11.1. The highest BCUT2D eigenvalue weighted by Crippen LogP contribution is 2.38. The Morgan fingerprint density at radius 1 is 1.08 bits per heavy atom. The van der Waals surface area contributed by atoms with Crippen LogP contribution < -0.4 is 21.5 Å². The van der Waals surface area contributed by atoms with Gasteiger partial charge in [-0.15, -0.1) is 11.3 Å². The Bertz CT molecular complexity index is 1870. The number of anilines is 1. The van der Waals surface area contributed by atoms with Crippen molar-refractivity contribution >= 4 is 52.4 Å². The van der Waals surface area contributed by atoms with E-state index in [0.717, 1.165) is 22.7 Å². The monoisotopic (exact) mass is 732 g/mol. The second-order valence-corrected chi connectivity index (χ2v) is 13.4. The lowest BCUT2D eigenvalue weighted by atomic mass is 9.96. The molecule has 260 valence electrons. The molecule has 4 aromatic rings. The van der Waals surface area contributed by atoms with E-state index >= 15 is 0 Å². The molecule has 2 heterocycles. The summed E-state index contributed by atoms with van der Waals surface area (Å²) in [7, 11) is 1.66. The molecule has 0 radical (unpaired) electrons. The minimum absolute atomic E-state index is 0.00640. The summed E-state index contributed by atoms with van der Waals surface area (Å²) in [4.78, 5) is 35.3. The van der Waals surface area contributed by atoms with Crippen LogP contribution in [0.2, 0.25) is 5.02 Å². The number of hydrogen-bond acceptors (Lipinski definition) is 12. The number of thioether (sulfide) groups is 1. The van der Waals surface area contributed by atoms with E-state index in [2.05, 4.69) is 22.4 Å². The number of carbonyl (C=O) groups excluding carboxylic acids is 1. The van der Waals surface area contributed by atoms with Gasteiger partial charge in [-0.25, -0.2) is 14.8 Å². The van der Waals surface area contributed by atoms with Gasteiger partial charge in [0.25, 0.3) is 0 Å². The summed E-state index contributed by atoms with van der Waals surface area (Å²) in [5.74, 6) is -0.379. The van der Waals surface area contributed by atoms with E-state index in [4.69, 9.17) is 32.8 Å². The Kier molecular flexibility index (Phi) is 14.0. The van der Waals surface area contributed by atoms with E-state index in [9.17, 15) is 25.2 Å². The van der Waals surface area contributed by atoms with E-state index in [1.165, 1.54) is 34.9 Å². The molecule has 15 heteroatoms. The minimum atomic E-state index is -1.15. The summed E-state index contributed by atoms with van der Waals surface area (Å²) in [5.41, 5.74) is 14.9. The summed E-state index contributed by atoms with van der Waals surface area (Å²) in [6, 6.07) is 16.8. The average molecular weight is 733 g/mol. The number of carboxylic acids is 1. The predicted molar refractivity (Wildman–Crippen MR) is 196 cm³/mol. The number of rotatable bonds is 17. The molecular weight excluding hydrogens is 696 g/mol. The number of pyridine rings is 1. The predicted octanol–water partition coefficient (Wildman–Crippen LogP) is 5.74. The number of nitrogens with zero attached hydrogens (tertiary/aromatic N) is 5. The quantitative estimate of drug-likeness (QED) is 0.0758. The van der Waals surface area contributed by atoms with Crippen LogP contribution in [0.3, 0.4) is 0 Å². The van der Waals surface area contributed by atoms with Gasteiger partial charge in [0.1, 0.15) is 52.0 Å². The Hall–Kier alpha value is -4.70. The van der Waals surface area contributed by atoms with Crippen molar-refractivity contribution in [3.63, 3.8) is 0 Å². The van der Waals surface area contributed by atoms with Gasteiger partial charge >= 0.3 is 5.97 Å². The second kappa shape index (κ2) is 18.3. The van der Waals surface area contributed by atoms with Crippen LogP contribution in [0.5, 0.6) is 5.75 Å². The topological polar surface area (TPSA) is 204 Å². The average Bonchev–Trinajstić information content (AvgIpc) is 3.60. The zero-order valence-electron chi connectivity index (χ0n) is 27.6. The van der Waals surface area contributed by atoms with Crippen molar-refractivity contribution in [1.82, 2.24) is 14.9 Å². The highest BCUT2D eigenvalue weighted by Gasteiger charge is 2.29. The van der Waals surface area contributed by atoms with Crippen LogP contribution in [-0.4, -0.2) is 70.7 Å². The first-order valence-electron chi connectivity index (χ1n) is 15.7. The lowest BCUT2D eigenvalue weighted by molar-refractivity contribution is -0.150. The van der Waals surface area contributed by atoms with Crippen LogP contribution >= 0.6 is 34.7 Å². The molecule has 0 unspecified atom stereocenters. The molecule has 0 aliphatic heterocycles. The number of amides is 1. The number of nitriles is 2. The van der Waals surface area contributed by atoms with Gasteiger partial charge in [0.2, 0.25) is 5.91 Å². The fourth-order valence-electron chi connectivity index (χ4n) is 5.04. The Morgan fingerprint density at radius 2 is 1.76 bits per heavy atom. The normalized spacial score (nSPS) is 12.0. The van der Waals surface area contributed by atoms with Gasteiger partial charge in [0.15, 0.2) is 0 Å². The van der Waals surface area contributed by atoms with Crippen molar-refractivity contribution < 1.29 is 19.4 Å². The van der Waals surface area contributed by atoms with Gasteiger partial charge in [0, 0.05) is 34.3 Å². The maximum atomic E-state index is 13.0. The van der Waals surface area contributed by atoms with Gasteiger partial charge < -0.3 is 31.5 Å². The molecule has 2 aromatic heterocycles. The van der Waals surface area contributed by atoms with Crippen LogP contribution in [0.1, 0.15) is 43.0 Å². The van der Waals surface area contributed by atoms with E-state index in [-0.39, 0.29) is 24.3 Å². The molecular formula is C35H37ClN8O4S2. The largest absolute Gasteiger partial charge is 0.492 e. The number of benzene rings is 2. The van der Waals surface area contributed by atoms with E-state index in [1.54, 1.807) is 31.3 Å². The van der Waals surface area contributed by atoms with Gasteiger partial charge in [-0.3, -0.25) is 4.79 Å². The lowest BCUT2D eigenvalue weighted by Crippen LogP contribution is -2.51. The molecule has 0 aliphatic carbocycles. The number of carbonyl (C=O) groups is 2. The van der Waals surface area contributed by atoms with Crippen LogP contribution in [0.4, 0.5) is 5.82 Å². The number of ether oxygens (including phenoxy) is 1. The zero-order chi connectivity index (χ0) is 36.2.